The van der Waals surface area contributed by atoms with Gasteiger partial charge in [-0.3, -0.25) is 0 Å². The van der Waals surface area contributed by atoms with Crippen molar-refractivity contribution in [3.05, 3.63) is 0 Å². The van der Waals surface area contributed by atoms with Gasteiger partial charge in [0.15, 0.2) is 6.29 Å². The first kappa shape index (κ1) is 12.8. The summed E-state index contributed by atoms with van der Waals surface area (Å²) in [4.78, 5) is 0. The molecule has 1 aliphatic rings. The van der Waals surface area contributed by atoms with Gasteiger partial charge in [0.25, 0.3) is 0 Å². The molecule has 0 bridgehead atoms. The highest BCUT2D eigenvalue weighted by atomic mass is 16.7. The highest BCUT2D eigenvalue weighted by Crippen LogP contribution is 2.22. The molecule has 0 aromatic rings. The molecule has 15 heavy (non-hydrogen) atoms. The second kappa shape index (κ2) is 5.17. The molecule has 1 saturated heterocycles. The van der Waals surface area contributed by atoms with Crippen molar-refractivity contribution >= 4 is 0 Å². The van der Waals surface area contributed by atoms with E-state index in [1.807, 2.05) is 0 Å². The maximum absolute atomic E-state index is 9.59. The Kier molecular flexibility index (Phi) is 4.41. The van der Waals surface area contributed by atoms with Crippen LogP contribution in [0.2, 0.25) is 0 Å². The van der Waals surface area contributed by atoms with Crippen LogP contribution in [0.15, 0.2) is 0 Å². The molecule has 7 nitrogen and oxygen atoms in total. The first-order valence-corrected chi connectivity index (χ1v) is 4.61. The molecule has 6 N–H and O–H groups in total. The van der Waals surface area contributed by atoms with Gasteiger partial charge < -0.3 is 35.6 Å². The van der Waals surface area contributed by atoms with Crippen LogP contribution in [0.5, 0.6) is 0 Å². The zero-order valence-electron chi connectivity index (χ0n) is 8.35. The summed E-state index contributed by atoms with van der Waals surface area (Å²) in [6, 6.07) is -0.991. The van der Waals surface area contributed by atoms with Crippen molar-refractivity contribution in [2.45, 2.75) is 36.7 Å². The fourth-order valence-corrected chi connectivity index (χ4v) is 1.54. The van der Waals surface area contributed by atoms with E-state index in [4.69, 9.17) is 20.3 Å². The summed E-state index contributed by atoms with van der Waals surface area (Å²) < 4.78 is 9.86. The number of hydrogen-bond acceptors (Lipinski definition) is 7. The van der Waals surface area contributed by atoms with Gasteiger partial charge in [-0.15, -0.1) is 0 Å². The minimum Gasteiger partial charge on any atom is -0.394 e. The molecule has 90 valence electrons. The quantitative estimate of drug-likeness (QED) is 0.340. The largest absolute Gasteiger partial charge is 0.394 e. The summed E-state index contributed by atoms with van der Waals surface area (Å²) in [5.74, 6) is 0. The second-order valence-electron chi connectivity index (χ2n) is 3.51. The smallest absolute Gasteiger partial charge is 0.185 e. The normalized spacial score (nSPS) is 44.0. The number of nitrogens with two attached hydrogens (primary N) is 1. The first-order valence-electron chi connectivity index (χ1n) is 4.61. The fraction of sp³-hybridized carbons (Fsp3) is 1.00. The number of hydrogen-bond donors (Lipinski definition) is 5. The predicted molar refractivity (Wildman–Crippen MR) is 48.8 cm³/mol. The molecule has 1 aliphatic heterocycles. The van der Waals surface area contributed by atoms with Crippen LogP contribution in [0.4, 0.5) is 0 Å². The molecular weight excluding hydrogens is 206 g/mol. The van der Waals surface area contributed by atoms with Crippen LogP contribution < -0.4 is 5.73 Å². The molecule has 6 atom stereocenters. The lowest BCUT2D eigenvalue weighted by Crippen LogP contribution is -2.64. The van der Waals surface area contributed by atoms with Gasteiger partial charge in [0.05, 0.1) is 12.6 Å². The van der Waals surface area contributed by atoms with Crippen LogP contribution in [0.1, 0.15) is 0 Å². The third-order valence-corrected chi connectivity index (χ3v) is 2.49. The Labute approximate surface area is 87.0 Å². The molecule has 1 rings (SSSR count). The summed E-state index contributed by atoms with van der Waals surface area (Å²) in [6.07, 6.45) is -5.79. The van der Waals surface area contributed by atoms with Gasteiger partial charge in [-0.1, -0.05) is 0 Å². The van der Waals surface area contributed by atoms with Crippen molar-refractivity contribution in [2.75, 3.05) is 13.7 Å². The van der Waals surface area contributed by atoms with E-state index in [0.29, 0.717) is 0 Å². The number of aliphatic hydroxyl groups excluding tert-OH is 4. The van der Waals surface area contributed by atoms with Crippen molar-refractivity contribution < 1.29 is 29.9 Å². The highest BCUT2D eigenvalue weighted by molar-refractivity contribution is 4.94. The van der Waals surface area contributed by atoms with Gasteiger partial charge in [-0.25, -0.2) is 0 Å². The van der Waals surface area contributed by atoms with E-state index in [-0.39, 0.29) is 0 Å². The molecule has 1 fully saturated rings. The summed E-state index contributed by atoms with van der Waals surface area (Å²) in [5.41, 5.74) is 5.52. The third-order valence-electron chi connectivity index (χ3n) is 2.49. The Morgan fingerprint density at radius 3 is 2.47 bits per heavy atom. The lowest BCUT2D eigenvalue weighted by Gasteiger charge is -2.41. The van der Waals surface area contributed by atoms with Crippen molar-refractivity contribution in [2.24, 2.45) is 5.73 Å². The van der Waals surface area contributed by atoms with E-state index in [1.54, 1.807) is 0 Å². The zero-order chi connectivity index (χ0) is 11.6. The molecule has 7 heteroatoms. The molecular formula is C8H17NO6. The van der Waals surface area contributed by atoms with E-state index in [9.17, 15) is 15.3 Å². The average molecular weight is 223 g/mol. The molecule has 0 saturated carbocycles. The standard InChI is InChI=1S/C8H17NO6/c1-14-8-6(13)4(9)5(12)7(15-8)3(11)2-10/h3-8,10-13H,2,9H2,1H3/t3-,4+,5-,6-,7-,8+/m1/s1. The Hall–Kier alpha value is -0.280. The highest BCUT2D eigenvalue weighted by Gasteiger charge is 2.45. The third kappa shape index (κ3) is 2.45. The van der Waals surface area contributed by atoms with Gasteiger partial charge in [0.2, 0.25) is 0 Å². The van der Waals surface area contributed by atoms with Gasteiger partial charge >= 0.3 is 0 Å². The van der Waals surface area contributed by atoms with Crippen molar-refractivity contribution in [1.29, 1.82) is 0 Å². The van der Waals surface area contributed by atoms with E-state index < -0.39 is 43.4 Å². The van der Waals surface area contributed by atoms with Crippen LogP contribution in [0.3, 0.4) is 0 Å². The lowest BCUT2D eigenvalue weighted by atomic mass is 9.94. The molecule has 1 heterocycles. The monoisotopic (exact) mass is 223 g/mol. The second-order valence-corrected chi connectivity index (χ2v) is 3.51. The summed E-state index contributed by atoms with van der Waals surface area (Å²) >= 11 is 0. The Balaban J connectivity index is 2.74. The fourth-order valence-electron chi connectivity index (χ4n) is 1.54. The first-order chi connectivity index (χ1) is 7.02. The van der Waals surface area contributed by atoms with Crippen LogP contribution in [-0.2, 0) is 9.47 Å². The van der Waals surface area contributed by atoms with Gasteiger partial charge in [0, 0.05) is 7.11 Å². The van der Waals surface area contributed by atoms with Crippen LogP contribution in [0, 0.1) is 0 Å². The maximum Gasteiger partial charge on any atom is 0.185 e. The number of rotatable bonds is 3. The van der Waals surface area contributed by atoms with E-state index >= 15 is 0 Å². The number of aliphatic hydroxyl groups is 4. The average Bonchev–Trinajstić information content (AvgIpc) is 2.25. The van der Waals surface area contributed by atoms with Crippen molar-refractivity contribution in [3.8, 4) is 0 Å². The lowest BCUT2D eigenvalue weighted by molar-refractivity contribution is -0.280. The molecule has 0 aromatic heterocycles. The van der Waals surface area contributed by atoms with Gasteiger partial charge in [-0.05, 0) is 0 Å². The minimum atomic E-state index is -1.27. The van der Waals surface area contributed by atoms with E-state index in [2.05, 4.69) is 0 Å². The van der Waals surface area contributed by atoms with Crippen LogP contribution in [0.25, 0.3) is 0 Å². The molecule has 0 amide bonds. The van der Waals surface area contributed by atoms with Crippen molar-refractivity contribution in [1.82, 2.24) is 0 Å². The molecule has 0 spiro atoms. The Bertz CT molecular complexity index is 202. The Morgan fingerprint density at radius 1 is 1.40 bits per heavy atom. The van der Waals surface area contributed by atoms with Crippen molar-refractivity contribution in [3.63, 3.8) is 0 Å². The topological polar surface area (TPSA) is 125 Å². The predicted octanol–water partition coefficient (Wildman–Crippen LogP) is -3.24. The Morgan fingerprint density at radius 2 is 2.00 bits per heavy atom. The van der Waals surface area contributed by atoms with E-state index in [0.717, 1.165) is 0 Å². The molecule has 0 radical (unpaired) electrons. The van der Waals surface area contributed by atoms with E-state index in [1.165, 1.54) is 7.11 Å². The van der Waals surface area contributed by atoms with Gasteiger partial charge in [0.1, 0.15) is 24.4 Å². The number of methoxy groups -OCH3 is 1. The van der Waals surface area contributed by atoms with Gasteiger partial charge in [-0.2, -0.15) is 0 Å². The summed E-state index contributed by atoms with van der Waals surface area (Å²) in [7, 11) is 1.31. The minimum absolute atomic E-state index is 0.568. The summed E-state index contributed by atoms with van der Waals surface area (Å²) in [5, 5.41) is 37.2. The van der Waals surface area contributed by atoms with Crippen LogP contribution >= 0.6 is 0 Å². The number of ether oxygens (including phenoxy) is 2. The zero-order valence-corrected chi connectivity index (χ0v) is 8.35. The van der Waals surface area contributed by atoms with Crippen LogP contribution in [-0.4, -0.2) is 70.9 Å². The molecule has 0 aromatic carbocycles. The SMILES string of the molecule is CO[C@H]1O[C@H]([C@H](O)CO)[C@H](O)[C@H](N)[C@H]1O. The summed E-state index contributed by atoms with van der Waals surface area (Å²) in [6.45, 7) is -0.568. The maximum atomic E-state index is 9.59. The molecule has 0 unspecified atom stereocenters. The molecule has 0 aliphatic carbocycles.